The summed E-state index contributed by atoms with van der Waals surface area (Å²) in [5.74, 6) is -0.583. The molecule has 3 aromatic rings. The van der Waals surface area contributed by atoms with Crippen LogP contribution in [0.1, 0.15) is 57.8 Å². The lowest BCUT2D eigenvalue weighted by Gasteiger charge is -2.22. The molecule has 49 heavy (non-hydrogen) atoms. The zero-order valence-corrected chi connectivity index (χ0v) is 28.7. The summed E-state index contributed by atoms with van der Waals surface area (Å²) in [6.07, 6.45) is 5.06. The van der Waals surface area contributed by atoms with Gasteiger partial charge in [0.25, 0.3) is 5.56 Å². The lowest BCUT2D eigenvalue weighted by Crippen LogP contribution is -2.45. The minimum Gasteiger partial charge on any atom is -0.464 e. The van der Waals surface area contributed by atoms with Gasteiger partial charge >= 0.3 is 12.2 Å². The molecule has 1 fully saturated rings. The van der Waals surface area contributed by atoms with E-state index in [-0.39, 0.29) is 54.7 Å². The number of hydrogen-bond acceptors (Lipinski definition) is 8. The van der Waals surface area contributed by atoms with E-state index >= 15 is 0 Å². The van der Waals surface area contributed by atoms with Crippen molar-refractivity contribution in [1.29, 1.82) is 0 Å². The molecule has 1 unspecified atom stereocenters. The second-order valence-corrected chi connectivity index (χ2v) is 13.6. The molecule has 1 atom stereocenters. The van der Waals surface area contributed by atoms with Gasteiger partial charge in [0.15, 0.2) is 0 Å². The molecule has 0 bridgehead atoms. The number of benzene rings is 1. The SMILES string of the molecule is CN(C)C(=O)/C=C/CCC(NC(=O)OCC1CCOCC1)C(=O)Nc1cccn(Cc2nc3c(CC(C)(C)C)cccc3n2C(=O)O)c1=O. The zero-order valence-electron chi connectivity index (χ0n) is 28.7. The molecule has 1 aliphatic rings. The molecule has 0 radical (unpaired) electrons. The van der Waals surface area contributed by atoms with Crippen molar-refractivity contribution in [2.24, 2.45) is 11.3 Å². The third-order valence-electron chi connectivity index (χ3n) is 8.06. The number of imidazole rings is 1. The molecule has 3 N–H and O–H groups in total. The van der Waals surface area contributed by atoms with E-state index in [4.69, 9.17) is 9.47 Å². The Labute approximate surface area is 285 Å². The number of fused-ring (bicyclic) bond motifs is 1. The van der Waals surface area contributed by atoms with E-state index in [0.29, 0.717) is 30.7 Å². The molecular formula is C35H46N6O8. The van der Waals surface area contributed by atoms with E-state index in [2.05, 4.69) is 36.4 Å². The normalized spacial score (nSPS) is 14.5. The van der Waals surface area contributed by atoms with Crippen LogP contribution in [-0.4, -0.2) is 88.1 Å². The number of carbonyl (C=O) groups is 4. The maximum Gasteiger partial charge on any atom is 0.417 e. The van der Waals surface area contributed by atoms with E-state index in [0.717, 1.165) is 23.0 Å². The summed E-state index contributed by atoms with van der Waals surface area (Å²) in [7, 11) is 3.24. The number of amides is 3. The first-order valence-electron chi connectivity index (χ1n) is 16.3. The van der Waals surface area contributed by atoms with Crippen LogP contribution in [0.4, 0.5) is 15.3 Å². The van der Waals surface area contributed by atoms with Gasteiger partial charge in [0.05, 0.1) is 24.2 Å². The lowest BCUT2D eigenvalue weighted by molar-refractivity contribution is -0.123. The first-order chi connectivity index (χ1) is 23.2. The molecule has 14 heteroatoms. The number of likely N-dealkylation sites (N-methyl/N-ethyl adjacent to an activating group) is 1. The number of ether oxygens (including phenoxy) is 2. The highest BCUT2D eigenvalue weighted by atomic mass is 16.5. The van der Waals surface area contributed by atoms with Gasteiger partial charge in [0.2, 0.25) is 11.8 Å². The fraction of sp³-hybridized carbons (Fsp3) is 0.486. The number of aromatic nitrogens is 3. The Hall–Kier alpha value is -4.98. The fourth-order valence-electron chi connectivity index (χ4n) is 5.52. The van der Waals surface area contributed by atoms with Crippen molar-refractivity contribution in [1.82, 2.24) is 24.3 Å². The Morgan fingerprint density at radius 2 is 1.88 bits per heavy atom. The maximum absolute atomic E-state index is 13.6. The number of alkyl carbamates (subject to hydrolysis) is 1. The van der Waals surface area contributed by atoms with Crippen molar-refractivity contribution in [3.8, 4) is 0 Å². The molecule has 3 amide bonds. The number of nitrogens with zero attached hydrogens (tertiary/aromatic N) is 4. The van der Waals surface area contributed by atoms with Gasteiger partial charge in [0.1, 0.15) is 17.6 Å². The van der Waals surface area contributed by atoms with Crippen molar-refractivity contribution >= 4 is 40.7 Å². The average Bonchev–Trinajstić information content (AvgIpc) is 3.42. The van der Waals surface area contributed by atoms with Gasteiger partial charge in [-0.2, -0.15) is 0 Å². The van der Waals surface area contributed by atoms with Gasteiger partial charge in [-0.05, 0) is 73.3 Å². The summed E-state index contributed by atoms with van der Waals surface area (Å²) in [6, 6.07) is 7.27. The van der Waals surface area contributed by atoms with Gasteiger partial charge < -0.3 is 34.7 Å². The summed E-state index contributed by atoms with van der Waals surface area (Å²) in [5.41, 5.74) is 1.13. The summed E-state index contributed by atoms with van der Waals surface area (Å²) < 4.78 is 13.1. The van der Waals surface area contributed by atoms with Gasteiger partial charge in [0, 0.05) is 33.5 Å². The number of allylic oxidation sites excluding steroid dienone is 1. The third kappa shape index (κ3) is 10.3. The minimum atomic E-state index is -1.23. The van der Waals surface area contributed by atoms with Crippen LogP contribution in [0.25, 0.3) is 11.0 Å². The van der Waals surface area contributed by atoms with E-state index in [9.17, 15) is 29.1 Å². The first-order valence-corrected chi connectivity index (χ1v) is 16.3. The summed E-state index contributed by atoms with van der Waals surface area (Å²) in [5, 5.41) is 15.3. The zero-order chi connectivity index (χ0) is 35.7. The Morgan fingerprint density at radius 1 is 1.14 bits per heavy atom. The predicted octanol–water partition coefficient (Wildman–Crippen LogP) is 4.25. The van der Waals surface area contributed by atoms with Crippen molar-refractivity contribution in [3.63, 3.8) is 0 Å². The number of hydrogen-bond donors (Lipinski definition) is 3. The number of anilines is 1. The Bertz CT molecular complexity index is 1750. The molecular weight excluding hydrogens is 632 g/mol. The van der Waals surface area contributed by atoms with E-state index in [1.165, 1.54) is 27.8 Å². The molecule has 0 aliphatic carbocycles. The molecule has 264 valence electrons. The highest BCUT2D eigenvalue weighted by Crippen LogP contribution is 2.27. The van der Waals surface area contributed by atoms with Crippen LogP contribution in [-0.2, 0) is 32.0 Å². The van der Waals surface area contributed by atoms with E-state index < -0.39 is 29.7 Å². The van der Waals surface area contributed by atoms with Gasteiger partial charge in [-0.15, -0.1) is 0 Å². The molecule has 14 nitrogen and oxygen atoms in total. The molecule has 3 heterocycles. The monoisotopic (exact) mass is 678 g/mol. The quantitative estimate of drug-likeness (QED) is 0.237. The number of para-hydroxylation sites is 1. The highest BCUT2D eigenvalue weighted by molar-refractivity contribution is 5.96. The van der Waals surface area contributed by atoms with E-state index in [1.54, 1.807) is 38.4 Å². The molecule has 1 saturated heterocycles. The van der Waals surface area contributed by atoms with Crippen LogP contribution in [0.5, 0.6) is 0 Å². The summed E-state index contributed by atoms with van der Waals surface area (Å²) in [6.45, 7) is 7.45. The van der Waals surface area contributed by atoms with Crippen molar-refractivity contribution in [2.75, 3.05) is 39.2 Å². The lowest BCUT2D eigenvalue weighted by atomic mass is 9.88. The Balaban J connectivity index is 1.54. The molecule has 1 aliphatic heterocycles. The molecule has 4 rings (SSSR count). The van der Waals surface area contributed by atoms with Crippen LogP contribution < -0.4 is 16.2 Å². The second kappa shape index (κ2) is 16.4. The standard InChI is InChI=1S/C35H46N6O8/c1-35(2,3)20-24-10-8-13-27-30(24)38-28(41(27)34(46)47)21-40-17-9-12-26(32(40)44)36-31(43)25(11-6-7-14-29(42)39(4)5)37-33(45)49-22-23-15-18-48-19-16-23/h7-10,12-14,17,23,25H,6,11,15-16,18-22H2,1-5H3,(H,36,43)(H,37,45)(H,46,47)/b14-7+. The number of rotatable bonds is 12. The van der Waals surface area contributed by atoms with Crippen LogP contribution >= 0.6 is 0 Å². The third-order valence-corrected chi connectivity index (χ3v) is 8.06. The summed E-state index contributed by atoms with van der Waals surface area (Å²) in [4.78, 5) is 70.1. The topological polar surface area (TPSA) is 174 Å². The fourth-order valence-corrected chi connectivity index (χ4v) is 5.52. The van der Waals surface area contributed by atoms with Crippen LogP contribution in [0.15, 0.2) is 53.5 Å². The van der Waals surface area contributed by atoms with Crippen molar-refractivity contribution in [3.05, 3.63) is 70.4 Å². The number of pyridine rings is 1. The first kappa shape index (κ1) is 36.8. The van der Waals surface area contributed by atoms with Crippen LogP contribution in [0, 0.1) is 11.3 Å². The van der Waals surface area contributed by atoms with Crippen LogP contribution in [0.3, 0.4) is 0 Å². The predicted molar refractivity (Wildman–Crippen MR) is 184 cm³/mol. The molecule has 0 saturated carbocycles. The highest BCUT2D eigenvalue weighted by Gasteiger charge is 2.25. The number of nitrogens with one attached hydrogen (secondary N) is 2. The molecule has 2 aromatic heterocycles. The molecule has 0 spiro atoms. The van der Waals surface area contributed by atoms with E-state index in [1.807, 2.05) is 6.07 Å². The van der Waals surface area contributed by atoms with Crippen molar-refractivity contribution in [2.45, 2.75) is 65.5 Å². The smallest absolute Gasteiger partial charge is 0.417 e. The summed E-state index contributed by atoms with van der Waals surface area (Å²) >= 11 is 0. The van der Waals surface area contributed by atoms with Crippen molar-refractivity contribution < 1.29 is 33.8 Å². The number of carboxylic acid groups (broad SMARTS) is 1. The second-order valence-electron chi connectivity index (χ2n) is 13.6. The van der Waals surface area contributed by atoms with Crippen LogP contribution in [0.2, 0.25) is 0 Å². The molecule has 1 aromatic carbocycles. The van der Waals surface area contributed by atoms with Gasteiger partial charge in [-0.3, -0.25) is 14.4 Å². The van der Waals surface area contributed by atoms with Gasteiger partial charge in [-0.25, -0.2) is 19.1 Å². The van der Waals surface area contributed by atoms with Gasteiger partial charge in [-0.1, -0.05) is 39.0 Å². The minimum absolute atomic E-state index is 0.0698. The largest absolute Gasteiger partial charge is 0.464 e. The maximum atomic E-state index is 13.6. The Kier molecular flexibility index (Phi) is 12.3. The Morgan fingerprint density at radius 3 is 2.55 bits per heavy atom. The average molecular weight is 679 g/mol. The number of carbonyl (C=O) groups excluding carboxylic acids is 3.